The monoisotopic (exact) mass is 212 g/mol. The Morgan fingerprint density at radius 1 is 1.60 bits per heavy atom. The van der Waals surface area contributed by atoms with E-state index in [0.717, 1.165) is 0 Å². The van der Waals surface area contributed by atoms with Crippen molar-refractivity contribution in [2.24, 2.45) is 0 Å². The highest BCUT2D eigenvalue weighted by molar-refractivity contribution is 5.90. The largest absolute Gasteiger partial charge is 0.375 e. The summed E-state index contributed by atoms with van der Waals surface area (Å²) in [7, 11) is 0. The smallest absolute Gasteiger partial charge is 0.245 e. The zero-order chi connectivity index (χ0) is 10.8. The molecule has 2 atom stereocenters. The molecule has 5 nitrogen and oxygen atoms in total. The number of carbonyl (C=O) groups excluding carboxylic acids is 2. The van der Waals surface area contributed by atoms with Gasteiger partial charge in [-0.3, -0.25) is 9.59 Å². The highest BCUT2D eigenvalue weighted by Gasteiger charge is 2.32. The van der Waals surface area contributed by atoms with Crippen LogP contribution in [0.3, 0.4) is 0 Å². The number of hydrogen-bond acceptors (Lipinski definition) is 3. The van der Waals surface area contributed by atoms with Gasteiger partial charge in [0, 0.05) is 19.5 Å². The molecule has 2 heterocycles. The Hall–Kier alpha value is -1.10. The molecular weight excluding hydrogens is 196 g/mol. The molecule has 0 aliphatic carbocycles. The molecule has 2 rings (SSSR count). The van der Waals surface area contributed by atoms with Gasteiger partial charge in [-0.1, -0.05) is 0 Å². The van der Waals surface area contributed by atoms with Crippen molar-refractivity contribution >= 4 is 11.8 Å². The SMILES string of the molecule is CC1CN(C(=O)[C@H]2CCC(=O)N2)CCO1. The number of ether oxygens (including phenoxy) is 1. The molecule has 84 valence electrons. The zero-order valence-electron chi connectivity index (χ0n) is 8.86. The second-order valence-corrected chi connectivity index (χ2v) is 4.12. The fourth-order valence-electron chi connectivity index (χ4n) is 2.04. The van der Waals surface area contributed by atoms with Crippen molar-refractivity contribution in [3.8, 4) is 0 Å². The first-order chi connectivity index (χ1) is 7.16. The van der Waals surface area contributed by atoms with E-state index in [9.17, 15) is 9.59 Å². The lowest BCUT2D eigenvalue weighted by molar-refractivity contribution is -0.140. The maximum Gasteiger partial charge on any atom is 0.245 e. The Morgan fingerprint density at radius 2 is 2.40 bits per heavy atom. The lowest BCUT2D eigenvalue weighted by atomic mass is 10.2. The molecule has 0 bridgehead atoms. The third-order valence-electron chi connectivity index (χ3n) is 2.85. The second kappa shape index (κ2) is 4.18. The molecule has 0 saturated carbocycles. The second-order valence-electron chi connectivity index (χ2n) is 4.12. The van der Waals surface area contributed by atoms with Crippen LogP contribution in [-0.2, 0) is 14.3 Å². The summed E-state index contributed by atoms with van der Waals surface area (Å²) in [5.74, 6) is 0.0191. The van der Waals surface area contributed by atoms with Gasteiger partial charge in [-0.15, -0.1) is 0 Å². The van der Waals surface area contributed by atoms with E-state index in [2.05, 4.69) is 5.32 Å². The summed E-state index contributed by atoms with van der Waals surface area (Å²) >= 11 is 0. The summed E-state index contributed by atoms with van der Waals surface area (Å²) in [4.78, 5) is 24.7. The average molecular weight is 212 g/mol. The Bertz CT molecular complexity index is 280. The van der Waals surface area contributed by atoms with Crippen LogP contribution < -0.4 is 5.32 Å². The summed E-state index contributed by atoms with van der Waals surface area (Å²) in [6, 6.07) is -0.303. The van der Waals surface area contributed by atoms with Crippen LogP contribution in [0.2, 0.25) is 0 Å². The van der Waals surface area contributed by atoms with Crippen LogP contribution in [0.25, 0.3) is 0 Å². The standard InChI is InChI=1S/C10H16N2O3/c1-7-6-12(4-5-15-7)10(14)8-2-3-9(13)11-8/h7-8H,2-6H2,1H3,(H,11,13)/t7?,8-/m1/s1. The molecule has 0 aromatic carbocycles. The van der Waals surface area contributed by atoms with Gasteiger partial charge in [-0.05, 0) is 13.3 Å². The summed E-state index contributed by atoms with van der Waals surface area (Å²) < 4.78 is 5.36. The number of amides is 2. The third kappa shape index (κ3) is 2.28. The summed E-state index contributed by atoms with van der Waals surface area (Å²) in [5.41, 5.74) is 0. The number of morpholine rings is 1. The van der Waals surface area contributed by atoms with E-state index in [4.69, 9.17) is 4.74 Å². The van der Waals surface area contributed by atoms with E-state index >= 15 is 0 Å². The zero-order valence-corrected chi connectivity index (χ0v) is 8.86. The molecule has 0 aromatic heterocycles. The van der Waals surface area contributed by atoms with Crippen LogP contribution in [0.15, 0.2) is 0 Å². The van der Waals surface area contributed by atoms with E-state index in [0.29, 0.717) is 32.5 Å². The van der Waals surface area contributed by atoms with Gasteiger partial charge in [0.1, 0.15) is 6.04 Å². The van der Waals surface area contributed by atoms with E-state index in [-0.39, 0.29) is 24.0 Å². The van der Waals surface area contributed by atoms with Crippen molar-refractivity contribution in [3.05, 3.63) is 0 Å². The first kappa shape index (κ1) is 10.4. The third-order valence-corrected chi connectivity index (χ3v) is 2.85. The molecule has 0 spiro atoms. The van der Waals surface area contributed by atoms with Gasteiger partial charge in [-0.25, -0.2) is 0 Å². The molecule has 2 aliphatic rings. The Balaban J connectivity index is 1.92. The summed E-state index contributed by atoms with van der Waals surface area (Å²) in [6.45, 7) is 3.81. The Morgan fingerprint density at radius 3 is 3.00 bits per heavy atom. The van der Waals surface area contributed by atoms with Crippen molar-refractivity contribution in [2.45, 2.75) is 31.9 Å². The first-order valence-corrected chi connectivity index (χ1v) is 5.36. The van der Waals surface area contributed by atoms with Crippen molar-refractivity contribution < 1.29 is 14.3 Å². The lowest BCUT2D eigenvalue weighted by Gasteiger charge is -2.32. The Labute approximate surface area is 88.8 Å². The van der Waals surface area contributed by atoms with Crippen molar-refractivity contribution in [1.82, 2.24) is 10.2 Å². The molecule has 15 heavy (non-hydrogen) atoms. The molecule has 1 unspecified atom stereocenters. The minimum atomic E-state index is -0.303. The van der Waals surface area contributed by atoms with E-state index in [1.807, 2.05) is 6.92 Å². The minimum Gasteiger partial charge on any atom is -0.375 e. The maximum absolute atomic E-state index is 11.9. The lowest BCUT2D eigenvalue weighted by Crippen LogP contribution is -2.51. The normalized spacial score (nSPS) is 31.5. The van der Waals surface area contributed by atoms with Gasteiger partial charge in [0.15, 0.2) is 0 Å². The molecule has 2 saturated heterocycles. The fraction of sp³-hybridized carbons (Fsp3) is 0.800. The summed E-state index contributed by atoms with van der Waals surface area (Å²) in [6.07, 6.45) is 1.19. The van der Waals surface area contributed by atoms with Crippen LogP contribution in [0.5, 0.6) is 0 Å². The predicted octanol–water partition coefficient (Wildman–Crippen LogP) is -0.488. The molecule has 2 amide bonds. The van der Waals surface area contributed by atoms with Gasteiger partial charge in [0.05, 0.1) is 12.7 Å². The topological polar surface area (TPSA) is 58.6 Å². The molecule has 0 aromatic rings. The van der Waals surface area contributed by atoms with E-state index in [1.165, 1.54) is 0 Å². The highest BCUT2D eigenvalue weighted by Crippen LogP contribution is 2.12. The van der Waals surface area contributed by atoms with Crippen molar-refractivity contribution in [3.63, 3.8) is 0 Å². The van der Waals surface area contributed by atoms with Crippen molar-refractivity contribution in [2.75, 3.05) is 19.7 Å². The quantitative estimate of drug-likeness (QED) is 0.638. The maximum atomic E-state index is 11.9. The van der Waals surface area contributed by atoms with Crippen LogP contribution in [0.4, 0.5) is 0 Å². The van der Waals surface area contributed by atoms with E-state index < -0.39 is 0 Å². The van der Waals surface area contributed by atoms with Crippen LogP contribution in [-0.4, -0.2) is 48.6 Å². The number of carbonyl (C=O) groups is 2. The Kier molecular flexibility index (Phi) is 2.90. The molecule has 5 heteroatoms. The average Bonchev–Trinajstić information content (AvgIpc) is 2.64. The molecule has 0 radical (unpaired) electrons. The van der Waals surface area contributed by atoms with E-state index in [1.54, 1.807) is 4.90 Å². The molecule has 2 fully saturated rings. The van der Waals surface area contributed by atoms with Crippen LogP contribution >= 0.6 is 0 Å². The summed E-state index contributed by atoms with van der Waals surface area (Å²) in [5, 5.41) is 2.69. The van der Waals surface area contributed by atoms with Gasteiger partial charge in [0.25, 0.3) is 0 Å². The predicted molar refractivity (Wildman–Crippen MR) is 53.2 cm³/mol. The van der Waals surface area contributed by atoms with Gasteiger partial charge < -0.3 is 15.0 Å². The highest BCUT2D eigenvalue weighted by atomic mass is 16.5. The van der Waals surface area contributed by atoms with Crippen molar-refractivity contribution in [1.29, 1.82) is 0 Å². The number of nitrogens with zero attached hydrogens (tertiary/aromatic N) is 1. The van der Waals surface area contributed by atoms with Gasteiger partial charge in [-0.2, -0.15) is 0 Å². The fourth-order valence-corrected chi connectivity index (χ4v) is 2.04. The molecule has 2 aliphatic heterocycles. The van der Waals surface area contributed by atoms with Crippen LogP contribution in [0.1, 0.15) is 19.8 Å². The molecule has 1 N–H and O–H groups in total. The van der Waals surface area contributed by atoms with Gasteiger partial charge in [0.2, 0.25) is 11.8 Å². The minimum absolute atomic E-state index is 0.0188. The molecular formula is C10H16N2O3. The van der Waals surface area contributed by atoms with Crippen LogP contribution in [0, 0.1) is 0 Å². The first-order valence-electron chi connectivity index (χ1n) is 5.36. The number of nitrogens with one attached hydrogen (secondary N) is 1. The number of hydrogen-bond donors (Lipinski definition) is 1. The van der Waals surface area contributed by atoms with Gasteiger partial charge >= 0.3 is 0 Å². The number of rotatable bonds is 1.